The van der Waals surface area contributed by atoms with Gasteiger partial charge in [-0.1, -0.05) is 36.4 Å². The Kier molecular flexibility index (Phi) is 7.07. The minimum Gasteiger partial charge on any atom is -0.488 e. The molecule has 34 heavy (non-hydrogen) atoms. The third kappa shape index (κ3) is 5.72. The summed E-state index contributed by atoms with van der Waals surface area (Å²) >= 11 is 0. The van der Waals surface area contributed by atoms with Crippen LogP contribution in [-0.4, -0.2) is 53.0 Å². The van der Waals surface area contributed by atoms with E-state index in [2.05, 4.69) is 5.32 Å². The molecule has 0 saturated carbocycles. The first-order valence-corrected chi connectivity index (χ1v) is 10.8. The molecule has 1 saturated heterocycles. The number of ether oxygens (including phenoxy) is 2. The summed E-state index contributed by atoms with van der Waals surface area (Å²) in [7, 11) is 0. The summed E-state index contributed by atoms with van der Waals surface area (Å²) in [6.45, 7) is -0.185. The Bertz CT molecular complexity index is 1130. The van der Waals surface area contributed by atoms with Crippen molar-refractivity contribution in [3.8, 4) is 17.2 Å². The standard InChI is InChI=1S/C26H24N2O6/c29-24(28-17-22(15-23(28)26(31)32)34-20-9-5-2-6-10-20)16-27-25(30)18-11-13-21(14-12-18)33-19-7-3-1-4-8-19/h1-14,22-23H,15-17H2,(H,27,30)(H,31,32). The van der Waals surface area contributed by atoms with E-state index in [1.54, 1.807) is 36.4 Å². The first-order chi connectivity index (χ1) is 16.5. The Morgan fingerprint density at radius 1 is 0.853 bits per heavy atom. The van der Waals surface area contributed by atoms with Crippen molar-refractivity contribution < 1.29 is 29.0 Å². The van der Waals surface area contributed by atoms with Crippen LogP contribution in [0.3, 0.4) is 0 Å². The van der Waals surface area contributed by atoms with Crippen LogP contribution < -0.4 is 14.8 Å². The Hall–Kier alpha value is -4.33. The molecule has 174 valence electrons. The number of carbonyl (C=O) groups excluding carboxylic acids is 2. The highest BCUT2D eigenvalue weighted by atomic mass is 16.5. The third-order valence-electron chi connectivity index (χ3n) is 5.41. The van der Waals surface area contributed by atoms with Crippen LogP contribution in [0.2, 0.25) is 0 Å². The number of carbonyl (C=O) groups is 3. The number of hydrogen-bond donors (Lipinski definition) is 2. The molecule has 0 spiro atoms. The highest BCUT2D eigenvalue weighted by Gasteiger charge is 2.40. The van der Waals surface area contributed by atoms with Crippen LogP contribution in [0.15, 0.2) is 84.9 Å². The highest BCUT2D eigenvalue weighted by molar-refractivity contribution is 5.97. The van der Waals surface area contributed by atoms with E-state index in [-0.39, 0.29) is 19.5 Å². The molecule has 0 aromatic heterocycles. The second kappa shape index (κ2) is 10.5. The lowest BCUT2D eigenvalue weighted by Crippen LogP contribution is -2.45. The molecule has 3 aromatic carbocycles. The molecule has 2 N–H and O–H groups in total. The van der Waals surface area contributed by atoms with Gasteiger partial charge in [-0.2, -0.15) is 0 Å². The smallest absolute Gasteiger partial charge is 0.326 e. The van der Waals surface area contributed by atoms with Crippen molar-refractivity contribution in [1.29, 1.82) is 0 Å². The summed E-state index contributed by atoms with van der Waals surface area (Å²) < 4.78 is 11.5. The number of benzene rings is 3. The Balaban J connectivity index is 1.31. The summed E-state index contributed by atoms with van der Waals surface area (Å²) in [6.07, 6.45) is -0.271. The summed E-state index contributed by atoms with van der Waals surface area (Å²) in [5.41, 5.74) is 0.356. The van der Waals surface area contributed by atoms with Gasteiger partial charge in [0.2, 0.25) is 5.91 Å². The lowest BCUT2D eigenvalue weighted by Gasteiger charge is -2.21. The zero-order chi connectivity index (χ0) is 23.9. The predicted molar refractivity (Wildman–Crippen MR) is 124 cm³/mol. The van der Waals surface area contributed by atoms with Gasteiger partial charge in [0.25, 0.3) is 5.91 Å². The third-order valence-corrected chi connectivity index (χ3v) is 5.41. The number of rotatable bonds is 8. The first-order valence-electron chi connectivity index (χ1n) is 10.8. The molecule has 2 atom stereocenters. The summed E-state index contributed by atoms with van der Waals surface area (Å²) in [6, 6.07) is 23.8. The van der Waals surface area contributed by atoms with Crippen LogP contribution >= 0.6 is 0 Å². The lowest BCUT2D eigenvalue weighted by atomic mass is 10.2. The van der Waals surface area contributed by atoms with Gasteiger partial charge in [-0.25, -0.2) is 4.79 Å². The highest BCUT2D eigenvalue weighted by Crippen LogP contribution is 2.24. The maximum atomic E-state index is 12.7. The summed E-state index contributed by atoms with van der Waals surface area (Å²) in [5, 5.41) is 12.1. The van der Waals surface area contributed by atoms with Crippen molar-refractivity contribution in [2.45, 2.75) is 18.6 Å². The van der Waals surface area contributed by atoms with Gasteiger partial charge in [-0.3, -0.25) is 9.59 Å². The molecule has 0 aliphatic carbocycles. The minimum absolute atomic E-state index is 0.131. The van der Waals surface area contributed by atoms with E-state index in [0.29, 0.717) is 22.8 Å². The molecule has 1 fully saturated rings. The average molecular weight is 460 g/mol. The molecule has 0 radical (unpaired) electrons. The molecule has 8 heteroatoms. The molecule has 2 unspecified atom stereocenters. The Morgan fingerprint density at radius 3 is 2.06 bits per heavy atom. The van der Waals surface area contributed by atoms with Crippen LogP contribution in [0.25, 0.3) is 0 Å². The van der Waals surface area contributed by atoms with Crippen LogP contribution in [0.4, 0.5) is 0 Å². The second-order valence-electron chi connectivity index (χ2n) is 7.81. The average Bonchev–Trinajstić information content (AvgIpc) is 3.28. The molecule has 1 aliphatic heterocycles. The largest absolute Gasteiger partial charge is 0.488 e. The van der Waals surface area contributed by atoms with E-state index in [1.807, 2.05) is 48.5 Å². The lowest BCUT2D eigenvalue weighted by molar-refractivity contribution is -0.147. The van der Waals surface area contributed by atoms with Gasteiger partial charge in [0.05, 0.1) is 13.1 Å². The van der Waals surface area contributed by atoms with Crippen LogP contribution in [0.1, 0.15) is 16.8 Å². The van der Waals surface area contributed by atoms with Gasteiger partial charge in [-0.05, 0) is 48.5 Å². The molecule has 2 amide bonds. The number of aliphatic carboxylic acids is 1. The van der Waals surface area contributed by atoms with E-state index < -0.39 is 29.9 Å². The van der Waals surface area contributed by atoms with E-state index in [1.165, 1.54) is 4.90 Å². The number of carboxylic acid groups (broad SMARTS) is 1. The summed E-state index contributed by atoms with van der Waals surface area (Å²) in [5.74, 6) is -0.165. The molecular weight excluding hydrogens is 436 g/mol. The zero-order valence-corrected chi connectivity index (χ0v) is 18.3. The topological polar surface area (TPSA) is 105 Å². The van der Waals surface area contributed by atoms with Gasteiger partial charge < -0.3 is 24.8 Å². The van der Waals surface area contributed by atoms with Gasteiger partial charge in [0.1, 0.15) is 29.4 Å². The number of para-hydroxylation sites is 2. The van der Waals surface area contributed by atoms with Crippen molar-refractivity contribution in [1.82, 2.24) is 10.2 Å². The molecule has 4 rings (SSSR count). The fourth-order valence-corrected chi connectivity index (χ4v) is 3.74. The van der Waals surface area contributed by atoms with Crippen LogP contribution in [0, 0.1) is 0 Å². The first kappa shape index (κ1) is 22.8. The molecule has 1 heterocycles. The number of nitrogens with one attached hydrogen (secondary N) is 1. The van der Waals surface area contributed by atoms with Crippen molar-refractivity contribution in [3.63, 3.8) is 0 Å². The zero-order valence-electron chi connectivity index (χ0n) is 18.3. The van der Waals surface area contributed by atoms with E-state index in [0.717, 1.165) is 0 Å². The number of carboxylic acids is 1. The van der Waals surface area contributed by atoms with Crippen LogP contribution in [0.5, 0.6) is 17.2 Å². The molecule has 0 bridgehead atoms. The quantitative estimate of drug-likeness (QED) is 0.534. The number of likely N-dealkylation sites (tertiary alicyclic amines) is 1. The van der Waals surface area contributed by atoms with Gasteiger partial charge in [-0.15, -0.1) is 0 Å². The molecule has 1 aliphatic rings. The minimum atomic E-state index is -1.10. The van der Waals surface area contributed by atoms with E-state index in [4.69, 9.17) is 9.47 Å². The van der Waals surface area contributed by atoms with Crippen LogP contribution in [-0.2, 0) is 9.59 Å². The van der Waals surface area contributed by atoms with E-state index >= 15 is 0 Å². The van der Waals surface area contributed by atoms with Gasteiger partial charge >= 0.3 is 5.97 Å². The monoisotopic (exact) mass is 460 g/mol. The number of hydrogen-bond acceptors (Lipinski definition) is 5. The van der Waals surface area contributed by atoms with Crippen molar-refractivity contribution >= 4 is 17.8 Å². The normalized spacial score (nSPS) is 17.1. The number of amides is 2. The second-order valence-corrected chi connectivity index (χ2v) is 7.81. The predicted octanol–water partition coefficient (Wildman–Crippen LogP) is 3.34. The Morgan fingerprint density at radius 2 is 1.44 bits per heavy atom. The number of nitrogens with zero attached hydrogens (tertiary/aromatic N) is 1. The molecular formula is C26H24N2O6. The summed E-state index contributed by atoms with van der Waals surface area (Å²) in [4.78, 5) is 38.1. The maximum absolute atomic E-state index is 12.7. The SMILES string of the molecule is O=C(NCC(=O)N1CC(Oc2ccccc2)CC1C(=O)O)c1ccc(Oc2ccccc2)cc1. The maximum Gasteiger partial charge on any atom is 0.326 e. The molecule has 3 aromatic rings. The van der Waals surface area contributed by atoms with Crippen molar-refractivity contribution in [2.24, 2.45) is 0 Å². The van der Waals surface area contributed by atoms with Gasteiger partial charge in [0.15, 0.2) is 0 Å². The van der Waals surface area contributed by atoms with Crippen molar-refractivity contribution in [3.05, 3.63) is 90.5 Å². The fourth-order valence-electron chi connectivity index (χ4n) is 3.74. The van der Waals surface area contributed by atoms with Gasteiger partial charge in [0, 0.05) is 12.0 Å². The van der Waals surface area contributed by atoms with E-state index in [9.17, 15) is 19.5 Å². The van der Waals surface area contributed by atoms with Crippen molar-refractivity contribution in [2.75, 3.05) is 13.1 Å². The fraction of sp³-hybridized carbons (Fsp3) is 0.192. The molecule has 8 nitrogen and oxygen atoms in total. The Labute approximate surface area is 196 Å².